The molecule has 1 atom stereocenters. The Hall–Kier alpha value is -2.67. The SMILES string of the molecule is C[C@H](NC(=O)Nc1ccccc1N1CCN(C)CC1)c1ccc(F)cc1F. The molecule has 7 heteroatoms. The van der Waals surface area contributed by atoms with E-state index in [-0.39, 0.29) is 5.56 Å². The predicted molar refractivity (Wildman–Crippen MR) is 103 cm³/mol. The Bertz CT molecular complexity index is 806. The Labute approximate surface area is 158 Å². The quantitative estimate of drug-likeness (QED) is 0.860. The summed E-state index contributed by atoms with van der Waals surface area (Å²) in [4.78, 5) is 16.9. The third kappa shape index (κ3) is 4.74. The van der Waals surface area contributed by atoms with Gasteiger partial charge in [-0.15, -0.1) is 0 Å². The lowest BCUT2D eigenvalue weighted by molar-refractivity contribution is 0.249. The lowest BCUT2D eigenvalue weighted by Gasteiger charge is -2.35. The van der Waals surface area contributed by atoms with Crippen molar-refractivity contribution < 1.29 is 13.6 Å². The number of nitrogens with one attached hydrogen (secondary N) is 2. The van der Waals surface area contributed by atoms with E-state index in [1.807, 2.05) is 24.3 Å². The van der Waals surface area contributed by atoms with Gasteiger partial charge in [0.1, 0.15) is 11.6 Å². The van der Waals surface area contributed by atoms with Crippen molar-refractivity contribution in [3.8, 4) is 0 Å². The number of piperazine rings is 1. The van der Waals surface area contributed by atoms with Crippen molar-refractivity contribution in [1.82, 2.24) is 10.2 Å². The van der Waals surface area contributed by atoms with E-state index in [1.165, 1.54) is 12.1 Å². The molecule has 1 aliphatic rings. The van der Waals surface area contributed by atoms with Crippen LogP contribution in [0, 0.1) is 11.6 Å². The summed E-state index contributed by atoms with van der Waals surface area (Å²) in [5.74, 6) is -1.32. The molecule has 0 unspecified atom stereocenters. The topological polar surface area (TPSA) is 47.6 Å². The first-order valence-corrected chi connectivity index (χ1v) is 8.99. The number of anilines is 2. The molecule has 0 radical (unpaired) electrons. The van der Waals surface area contributed by atoms with Gasteiger partial charge in [-0.2, -0.15) is 0 Å². The highest BCUT2D eigenvalue weighted by molar-refractivity contribution is 5.93. The van der Waals surface area contributed by atoms with Gasteiger partial charge in [0.25, 0.3) is 0 Å². The molecule has 1 fully saturated rings. The zero-order chi connectivity index (χ0) is 19.4. The first-order valence-electron chi connectivity index (χ1n) is 8.99. The molecule has 2 amide bonds. The van der Waals surface area contributed by atoms with Crippen LogP contribution in [0.4, 0.5) is 25.0 Å². The van der Waals surface area contributed by atoms with Crippen molar-refractivity contribution in [3.63, 3.8) is 0 Å². The van der Waals surface area contributed by atoms with Gasteiger partial charge < -0.3 is 20.4 Å². The summed E-state index contributed by atoms with van der Waals surface area (Å²) in [6, 6.07) is 9.92. The molecule has 2 aromatic rings. The largest absolute Gasteiger partial charge is 0.367 e. The molecule has 3 rings (SSSR count). The number of halogens is 2. The fourth-order valence-electron chi connectivity index (χ4n) is 3.19. The summed E-state index contributed by atoms with van der Waals surface area (Å²) in [7, 11) is 2.09. The Morgan fingerprint density at radius 1 is 1.07 bits per heavy atom. The number of rotatable bonds is 4. The number of hydrogen-bond donors (Lipinski definition) is 2. The average Bonchev–Trinajstić information content (AvgIpc) is 2.62. The summed E-state index contributed by atoms with van der Waals surface area (Å²) in [6.45, 7) is 5.34. The van der Waals surface area contributed by atoms with Crippen LogP contribution in [0.25, 0.3) is 0 Å². The summed E-state index contributed by atoms with van der Waals surface area (Å²) < 4.78 is 27.0. The van der Waals surface area contributed by atoms with E-state index in [9.17, 15) is 13.6 Å². The Morgan fingerprint density at radius 2 is 1.78 bits per heavy atom. The zero-order valence-electron chi connectivity index (χ0n) is 15.5. The van der Waals surface area contributed by atoms with Crippen molar-refractivity contribution in [2.75, 3.05) is 43.4 Å². The van der Waals surface area contributed by atoms with Crippen LogP contribution < -0.4 is 15.5 Å². The van der Waals surface area contributed by atoms with E-state index in [4.69, 9.17) is 0 Å². The van der Waals surface area contributed by atoms with Crippen molar-refractivity contribution in [2.45, 2.75) is 13.0 Å². The van der Waals surface area contributed by atoms with E-state index >= 15 is 0 Å². The van der Waals surface area contributed by atoms with Gasteiger partial charge >= 0.3 is 6.03 Å². The number of hydrogen-bond acceptors (Lipinski definition) is 3. The maximum atomic E-state index is 13.9. The van der Waals surface area contributed by atoms with E-state index in [0.717, 1.165) is 37.9 Å². The molecule has 27 heavy (non-hydrogen) atoms. The molecule has 1 heterocycles. The molecule has 1 saturated heterocycles. The van der Waals surface area contributed by atoms with Crippen LogP contribution >= 0.6 is 0 Å². The Kier molecular flexibility index (Phi) is 5.91. The number of amides is 2. The minimum Gasteiger partial charge on any atom is -0.367 e. The second kappa shape index (κ2) is 8.35. The van der Waals surface area contributed by atoms with Gasteiger partial charge in [-0.05, 0) is 32.2 Å². The third-order valence-corrected chi connectivity index (χ3v) is 4.77. The van der Waals surface area contributed by atoms with Crippen molar-refractivity contribution in [3.05, 3.63) is 59.7 Å². The highest BCUT2D eigenvalue weighted by Crippen LogP contribution is 2.26. The van der Waals surface area contributed by atoms with Crippen LogP contribution in [0.1, 0.15) is 18.5 Å². The number of para-hydroxylation sites is 2. The van der Waals surface area contributed by atoms with Crippen molar-refractivity contribution >= 4 is 17.4 Å². The van der Waals surface area contributed by atoms with Gasteiger partial charge in [0.15, 0.2) is 0 Å². The van der Waals surface area contributed by atoms with E-state index in [2.05, 4.69) is 27.5 Å². The highest BCUT2D eigenvalue weighted by Gasteiger charge is 2.19. The molecular formula is C20H24F2N4O. The average molecular weight is 374 g/mol. The fraction of sp³-hybridized carbons (Fsp3) is 0.350. The molecule has 1 aliphatic heterocycles. The highest BCUT2D eigenvalue weighted by atomic mass is 19.1. The van der Waals surface area contributed by atoms with Crippen LogP contribution in [-0.2, 0) is 0 Å². The van der Waals surface area contributed by atoms with Crippen LogP contribution in [0.5, 0.6) is 0 Å². The monoisotopic (exact) mass is 374 g/mol. The molecule has 0 aliphatic carbocycles. The number of carbonyl (C=O) groups is 1. The zero-order valence-corrected chi connectivity index (χ0v) is 15.5. The smallest absolute Gasteiger partial charge is 0.319 e. The van der Waals surface area contributed by atoms with E-state index in [1.54, 1.807) is 6.92 Å². The number of benzene rings is 2. The first-order chi connectivity index (χ1) is 12.9. The lowest BCUT2D eigenvalue weighted by atomic mass is 10.1. The second-order valence-electron chi connectivity index (χ2n) is 6.79. The van der Waals surface area contributed by atoms with Crippen molar-refractivity contribution in [2.24, 2.45) is 0 Å². The van der Waals surface area contributed by atoms with Gasteiger partial charge in [0.05, 0.1) is 17.4 Å². The molecule has 2 N–H and O–H groups in total. The van der Waals surface area contributed by atoms with Crippen LogP contribution in [-0.4, -0.2) is 44.2 Å². The normalized spacial score (nSPS) is 16.1. The van der Waals surface area contributed by atoms with E-state index < -0.39 is 23.7 Å². The fourth-order valence-corrected chi connectivity index (χ4v) is 3.19. The second-order valence-corrected chi connectivity index (χ2v) is 6.79. The van der Waals surface area contributed by atoms with E-state index in [0.29, 0.717) is 5.69 Å². The molecule has 5 nitrogen and oxygen atoms in total. The number of likely N-dealkylation sites (N-methyl/N-ethyl adjacent to an activating group) is 1. The van der Waals surface area contributed by atoms with Crippen LogP contribution in [0.3, 0.4) is 0 Å². The minimum absolute atomic E-state index is 0.235. The van der Waals surface area contributed by atoms with Gasteiger partial charge in [0, 0.05) is 37.8 Å². The molecule has 0 bridgehead atoms. The Balaban J connectivity index is 1.67. The third-order valence-electron chi connectivity index (χ3n) is 4.77. The summed E-state index contributed by atoms with van der Waals surface area (Å²) >= 11 is 0. The molecule has 0 spiro atoms. The summed E-state index contributed by atoms with van der Waals surface area (Å²) in [6.07, 6.45) is 0. The number of urea groups is 1. The van der Waals surface area contributed by atoms with Crippen LogP contribution in [0.15, 0.2) is 42.5 Å². The summed E-state index contributed by atoms with van der Waals surface area (Å²) in [5, 5.41) is 5.55. The number of nitrogens with zero attached hydrogens (tertiary/aromatic N) is 2. The maximum Gasteiger partial charge on any atom is 0.319 e. The summed E-state index contributed by atoms with van der Waals surface area (Å²) in [5.41, 5.74) is 1.89. The van der Waals surface area contributed by atoms with Gasteiger partial charge in [-0.25, -0.2) is 13.6 Å². The number of carbonyl (C=O) groups excluding carboxylic acids is 1. The van der Waals surface area contributed by atoms with Gasteiger partial charge in [-0.1, -0.05) is 18.2 Å². The molecule has 2 aromatic carbocycles. The van der Waals surface area contributed by atoms with Gasteiger partial charge in [0.2, 0.25) is 0 Å². The lowest BCUT2D eigenvalue weighted by Crippen LogP contribution is -2.44. The molecule has 144 valence electrons. The predicted octanol–water partition coefficient (Wildman–Crippen LogP) is 3.60. The molecular weight excluding hydrogens is 350 g/mol. The van der Waals surface area contributed by atoms with Gasteiger partial charge in [-0.3, -0.25) is 0 Å². The Morgan fingerprint density at radius 3 is 2.48 bits per heavy atom. The first kappa shape index (κ1) is 19.1. The molecule has 0 aromatic heterocycles. The van der Waals surface area contributed by atoms with Crippen molar-refractivity contribution in [1.29, 1.82) is 0 Å². The van der Waals surface area contributed by atoms with Crippen LogP contribution in [0.2, 0.25) is 0 Å². The maximum absolute atomic E-state index is 13.9. The minimum atomic E-state index is -0.680. The standard InChI is InChI=1S/C20H24F2N4O/c1-14(16-8-7-15(21)13-17(16)22)23-20(27)24-18-5-3-4-6-19(18)26-11-9-25(2)10-12-26/h3-8,13-14H,9-12H2,1-2H3,(H2,23,24,27)/t14-/m0/s1. The molecule has 0 saturated carbocycles.